The highest BCUT2D eigenvalue weighted by atomic mass is 32.2. The maximum Gasteiger partial charge on any atom is 0.416 e. The summed E-state index contributed by atoms with van der Waals surface area (Å²) in [7, 11) is -3.37. The number of halogens is 3. The number of carbonyl (C=O) groups is 5. The average molecular weight is 776 g/mol. The van der Waals surface area contributed by atoms with Gasteiger partial charge in [-0.05, 0) is 60.2 Å². The predicted octanol–water partition coefficient (Wildman–Crippen LogP) is 2.42. The molecule has 54 heavy (non-hydrogen) atoms. The summed E-state index contributed by atoms with van der Waals surface area (Å²) in [6, 6.07) is 15.3. The van der Waals surface area contributed by atoms with E-state index in [9.17, 15) is 50.7 Å². The third-order valence-corrected chi connectivity index (χ3v) is 9.54. The molecule has 3 aromatic carbocycles. The zero-order valence-corrected chi connectivity index (χ0v) is 30.8. The zero-order valence-electron chi connectivity index (χ0n) is 30.0. The second kappa shape index (κ2) is 18.6. The molecule has 0 aliphatic rings. The lowest BCUT2D eigenvalue weighted by molar-refractivity contribution is -0.212. The van der Waals surface area contributed by atoms with Crippen LogP contribution in [0.4, 0.5) is 13.2 Å². The predicted molar refractivity (Wildman–Crippen MR) is 193 cm³/mol. The number of aliphatic hydroxyl groups excluding tert-OH is 1. The summed E-state index contributed by atoms with van der Waals surface area (Å²) in [5.41, 5.74) is 7.29. The summed E-state index contributed by atoms with van der Waals surface area (Å²) in [5, 5.41) is 19.5. The molecule has 0 aliphatic carbocycles. The topological polar surface area (TPSA) is 214 Å². The van der Waals surface area contributed by atoms with E-state index in [0.717, 1.165) is 6.26 Å². The van der Waals surface area contributed by atoms with Crippen LogP contribution >= 0.6 is 0 Å². The van der Waals surface area contributed by atoms with Crippen LogP contribution in [0.15, 0.2) is 83.8 Å². The van der Waals surface area contributed by atoms with E-state index in [1.807, 2.05) is 5.32 Å². The fourth-order valence-corrected chi connectivity index (χ4v) is 5.94. The van der Waals surface area contributed by atoms with Crippen LogP contribution in [-0.2, 0) is 35.4 Å². The number of hydrogen-bond donors (Lipinski definition) is 6. The highest BCUT2D eigenvalue weighted by molar-refractivity contribution is 7.90. The maximum absolute atomic E-state index is 13.7. The van der Waals surface area contributed by atoms with E-state index in [1.165, 1.54) is 31.2 Å². The van der Waals surface area contributed by atoms with Crippen molar-refractivity contribution >= 4 is 39.4 Å². The van der Waals surface area contributed by atoms with Crippen LogP contribution in [0.3, 0.4) is 0 Å². The number of alkyl halides is 3. The largest absolute Gasteiger partial charge is 0.416 e. The van der Waals surface area contributed by atoms with Gasteiger partial charge in [-0.1, -0.05) is 68.4 Å². The number of nitrogens with one attached hydrogen (secondary N) is 4. The van der Waals surface area contributed by atoms with Gasteiger partial charge in [0, 0.05) is 24.7 Å². The molecule has 3 rings (SSSR count). The molecule has 5 atom stereocenters. The number of nitrogens with two attached hydrogens (primary N) is 1. The standard InChI is InChI=1S/C37H44F3N5O8S/c1-21(2)31(45-34(49)26-12-10-24(11-13-26)25-14-16-27(17-15-25)54(4,52)53)36(51)44-29(20-23-8-6-5-7-9-23)35(50)42-22(3)33(48)43-28(18-19-30(41)46)32(47)37(38,39)40/h5-17,21-22,28-29,31-32,47H,18-20H2,1-4H3,(H2,41,46)(H,42,50)(H,43,48)(H,44,51)(H,45,49)/t22-,28?,29-,31-,32?/m0/s1. The number of amides is 5. The molecule has 0 aliphatic heterocycles. The van der Waals surface area contributed by atoms with Crippen LogP contribution in [0.1, 0.15) is 49.5 Å². The second-order valence-corrected chi connectivity index (χ2v) is 15.2. The molecule has 0 bridgehead atoms. The molecule has 17 heteroatoms. The van der Waals surface area contributed by atoms with Gasteiger partial charge in [0.1, 0.15) is 18.1 Å². The minimum absolute atomic E-state index is 0.0633. The molecule has 5 amide bonds. The highest BCUT2D eigenvalue weighted by Crippen LogP contribution is 2.25. The monoisotopic (exact) mass is 775 g/mol. The van der Waals surface area contributed by atoms with Crippen molar-refractivity contribution < 1.29 is 50.7 Å². The van der Waals surface area contributed by atoms with E-state index in [1.54, 1.807) is 68.4 Å². The van der Waals surface area contributed by atoms with Crippen molar-refractivity contribution in [3.05, 3.63) is 90.0 Å². The fourth-order valence-electron chi connectivity index (χ4n) is 5.31. The minimum Gasteiger partial charge on any atom is -0.382 e. The first-order valence-electron chi connectivity index (χ1n) is 16.9. The van der Waals surface area contributed by atoms with E-state index in [2.05, 4.69) is 16.0 Å². The molecule has 13 nitrogen and oxygen atoms in total. The van der Waals surface area contributed by atoms with Crippen molar-refractivity contribution in [3.63, 3.8) is 0 Å². The third kappa shape index (κ3) is 12.7. The number of benzene rings is 3. The molecule has 0 saturated heterocycles. The molecule has 0 aromatic heterocycles. The van der Waals surface area contributed by atoms with Gasteiger partial charge >= 0.3 is 6.18 Å². The Morgan fingerprint density at radius 2 is 1.31 bits per heavy atom. The first-order valence-corrected chi connectivity index (χ1v) is 18.8. The van der Waals surface area contributed by atoms with Gasteiger partial charge in [-0.15, -0.1) is 0 Å². The molecule has 7 N–H and O–H groups in total. The van der Waals surface area contributed by atoms with Gasteiger partial charge in [-0.25, -0.2) is 8.42 Å². The first-order chi connectivity index (χ1) is 25.2. The Bertz CT molecular complexity index is 1890. The lowest BCUT2D eigenvalue weighted by Crippen LogP contribution is -2.59. The van der Waals surface area contributed by atoms with Crippen molar-refractivity contribution in [1.82, 2.24) is 21.3 Å². The van der Waals surface area contributed by atoms with Gasteiger partial charge in [0.2, 0.25) is 23.6 Å². The number of aliphatic hydroxyl groups is 1. The number of rotatable bonds is 17. The molecule has 0 spiro atoms. The molecule has 0 fully saturated rings. The minimum atomic E-state index is -5.13. The van der Waals surface area contributed by atoms with Gasteiger partial charge in [0.15, 0.2) is 15.9 Å². The Morgan fingerprint density at radius 3 is 1.81 bits per heavy atom. The van der Waals surface area contributed by atoms with Crippen molar-refractivity contribution in [2.45, 2.75) is 81.4 Å². The van der Waals surface area contributed by atoms with Crippen LogP contribution in [-0.4, -0.2) is 85.8 Å². The summed E-state index contributed by atoms with van der Waals surface area (Å²) in [5.74, 6) is -4.71. The molecule has 0 heterocycles. The van der Waals surface area contributed by atoms with Crippen molar-refractivity contribution in [1.29, 1.82) is 0 Å². The van der Waals surface area contributed by atoms with Crippen LogP contribution in [0, 0.1) is 5.92 Å². The first kappa shape index (κ1) is 43.1. The van der Waals surface area contributed by atoms with E-state index in [4.69, 9.17) is 5.73 Å². The average Bonchev–Trinajstić information content (AvgIpc) is 3.11. The molecule has 292 valence electrons. The summed E-state index contributed by atoms with van der Waals surface area (Å²) >= 11 is 0. The van der Waals surface area contributed by atoms with Gasteiger partial charge in [0.25, 0.3) is 5.91 Å². The normalized spacial score (nSPS) is 14.5. The second-order valence-electron chi connectivity index (χ2n) is 13.2. The SMILES string of the molecule is CC(C)[C@H](NC(=O)c1ccc(-c2ccc(S(C)(=O)=O)cc2)cc1)C(=O)N[C@@H](Cc1ccccc1)C(=O)N[C@@H](C)C(=O)NC(CCC(N)=O)C(O)C(F)(F)F. The zero-order chi connectivity index (χ0) is 40.4. The Hall–Kier alpha value is -5.29. The van der Waals surface area contributed by atoms with E-state index in [0.29, 0.717) is 16.7 Å². The van der Waals surface area contributed by atoms with Crippen LogP contribution in [0.2, 0.25) is 0 Å². The summed E-state index contributed by atoms with van der Waals surface area (Å²) in [6.07, 6.45) is -8.29. The number of primary amides is 1. The number of sulfone groups is 1. The van der Waals surface area contributed by atoms with Crippen molar-refractivity contribution in [2.75, 3.05) is 6.26 Å². The maximum atomic E-state index is 13.7. The van der Waals surface area contributed by atoms with Gasteiger partial charge in [0.05, 0.1) is 10.9 Å². The van der Waals surface area contributed by atoms with E-state index < -0.39 is 94.6 Å². The summed E-state index contributed by atoms with van der Waals surface area (Å²) in [4.78, 5) is 64.7. The molecule has 3 aromatic rings. The van der Waals surface area contributed by atoms with E-state index >= 15 is 0 Å². The van der Waals surface area contributed by atoms with Crippen LogP contribution in [0.5, 0.6) is 0 Å². The Kier molecular flexibility index (Phi) is 14.9. The lowest BCUT2D eigenvalue weighted by atomic mass is 9.99. The summed E-state index contributed by atoms with van der Waals surface area (Å²) in [6.45, 7) is 4.54. The molecular weight excluding hydrogens is 731 g/mol. The van der Waals surface area contributed by atoms with Gasteiger partial charge in [-0.2, -0.15) is 13.2 Å². The van der Waals surface area contributed by atoms with Crippen molar-refractivity contribution in [3.8, 4) is 11.1 Å². The molecular formula is C37H44F3N5O8S. The van der Waals surface area contributed by atoms with Gasteiger partial charge < -0.3 is 32.1 Å². The third-order valence-electron chi connectivity index (χ3n) is 8.41. The van der Waals surface area contributed by atoms with Crippen LogP contribution in [0.25, 0.3) is 11.1 Å². The van der Waals surface area contributed by atoms with Crippen LogP contribution < -0.4 is 27.0 Å². The van der Waals surface area contributed by atoms with E-state index in [-0.39, 0.29) is 16.9 Å². The highest BCUT2D eigenvalue weighted by Gasteiger charge is 2.44. The molecule has 0 saturated carbocycles. The number of hydrogen-bond acceptors (Lipinski definition) is 8. The fraction of sp³-hybridized carbons (Fsp3) is 0.378. The molecule has 2 unspecified atom stereocenters. The Balaban J connectivity index is 1.75. The lowest BCUT2D eigenvalue weighted by Gasteiger charge is -2.28. The quantitative estimate of drug-likeness (QED) is 0.120. The van der Waals surface area contributed by atoms with Crippen molar-refractivity contribution in [2.24, 2.45) is 11.7 Å². The Labute approximate surface area is 311 Å². The number of carbonyl (C=O) groups excluding carboxylic acids is 5. The summed E-state index contributed by atoms with van der Waals surface area (Å²) < 4.78 is 63.4. The smallest absolute Gasteiger partial charge is 0.382 e. The molecule has 0 radical (unpaired) electrons. The Morgan fingerprint density at radius 1 is 0.759 bits per heavy atom. The van der Waals surface area contributed by atoms with Gasteiger partial charge in [-0.3, -0.25) is 24.0 Å².